The van der Waals surface area contributed by atoms with Gasteiger partial charge in [0.05, 0.1) is 13.2 Å². The summed E-state index contributed by atoms with van der Waals surface area (Å²) in [6.45, 7) is 1.87. The van der Waals surface area contributed by atoms with Crippen molar-refractivity contribution in [2.45, 2.75) is 6.61 Å². The van der Waals surface area contributed by atoms with Crippen LogP contribution in [0.2, 0.25) is 5.02 Å². The van der Waals surface area contributed by atoms with Crippen molar-refractivity contribution in [1.29, 1.82) is 0 Å². The number of nitrogens with one attached hydrogen (secondary N) is 1. The third-order valence-electron chi connectivity index (χ3n) is 3.40. The predicted molar refractivity (Wildman–Crippen MR) is 89.5 cm³/mol. The molecule has 0 radical (unpaired) electrons. The zero-order chi connectivity index (χ0) is 15.4. The molecule has 2 aromatic rings. The normalized spacial score (nSPS) is 13.6. The number of nitrogens with zero attached hydrogens (tertiary/aromatic N) is 1. The molecule has 1 N–H and O–H groups in total. The zero-order valence-corrected chi connectivity index (χ0v) is 13.1. The van der Waals surface area contributed by atoms with Gasteiger partial charge in [0.1, 0.15) is 6.61 Å². The Hall–Kier alpha value is -2.04. The predicted octanol–water partition coefficient (Wildman–Crippen LogP) is 3.95. The van der Waals surface area contributed by atoms with E-state index in [9.17, 15) is 0 Å². The molecule has 114 valence electrons. The van der Waals surface area contributed by atoms with Gasteiger partial charge in [-0.05, 0) is 41.0 Å². The van der Waals surface area contributed by atoms with E-state index >= 15 is 0 Å². The van der Waals surface area contributed by atoms with E-state index in [0.717, 1.165) is 27.4 Å². The molecule has 0 fully saturated rings. The maximum Gasteiger partial charge on any atom is 0.289 e. The van der Waals surface area contributed by atoms with Crippen LogP contribution in [0.15, 0.2) is 47.5 Å². The smallest absolute Gasteiger partial charge is 0.289 e. The van der Waals surface area contributed by atoms with Crippen LogP contribution in [0.25, 0.3) is 11.1 Å². The van der Waals surface area contributed by atoms with Gasteiger partial charge in [0.2, 0.25) is 0 Å². The molecule has 0 aromatic heterocycles. The largest absolute Gasteiger partial charge is 0.463 e. The van der Waals surface area contributed by atoms with Gasteiger partial charge < -0.3 is 14.8 Å². The molecule has 22 heavy (non-hydrogen) atoms. The molecule has 0 spiro atoms. The summed E-state index contributed by atoms with van der Waals surface area (Å²) < 4.78 is 10.7. The van der Waals surface area contributed by atoms with Crippen LogP contribution in [0.4, 0.5) is 5.69 Å². The lowest BCUT2D eigenvalue weighted by Crippen LogP contribution is -2.12. The Morgan fingerprint density at radius 1 is 1.23 bits per heavy atom. The van der Waals surface area contributed by atoms with E-state index < -0.39 is 0 Å². The second kappa shape index (κ2) is 6.81. The average molecular weight is 317 g/mol. The van der Waals surface area contributed by atoms with Crippen LogP contribution in [-0.2, 0) is 16.1 Å². The van der Waals surface area contributed by atoms with Gasteiger partial charge in [-0.25, -0.2) is 4.99 Å². The van der Waals surface area contributed by atoms with Crippen molar-refractivity contribution in [3.05, 3.63) is 53.1 Å². The van der Waals surface area contributed by atoms with Gasteiger partial charge >= 0.3 is 0 Å². The van der Waals surface area contributed by atoms with Gasteiger partial charge in [0.15, 0.2) is 0 Å². The van der Waals surface area contributed by atoms with Crippen LogP contribution in [0.3, 0.4) is 0 Å². The first-order valence-corrected chi connectivity index (χ1v) is 7.46. The number of rotatable bonds is 4. The standard InChI is InChI=1S/C17H17ClN2O2/c1-21-11-13-10-15(20-17-19-8-9-22-17)6-7-16(13)12-2-4-14(18)5-3-12/h2-7,10H,8-9,11H2,1H3,(H,19,20). The monoisotopic (exact) mass is 316 g/mol. The number of aliphatic imine (C=N–C) groups is 1. The van der Waals surface area contributed by atoms with Crippen LogP contribution in [0.1, 0.15) is 5.56 Å². The number of amidine groups is 1. The molecule has 0 saturated carbocycles. The van der Waals surface area contributed by atoms with Gasteiger partial charge in [-0.2, -0.15) is 0 Å². The molecule has 0 bridgehead atoms. The number of anilines is 1. The molecule has 3 rings (SSSR count). The third kappa shape index (κ3) is 3.40. The first kappa shape index (κ1) is 14.9. The van der Waals surface area contributed by atoms with E-state index in [1.54, 1.807) is 7.11 Å². The third-order valence-corrected chi connectivity index (χ3v) is 3.65. The highest BCUT2D eigenvalue weighted by atomic mass is 35.5. The van der Waals surface area contributed by atoms with Crippen LogP contribution in [0, 0.1) is 0 Å². The molecule has 1 aliphatic heterocycles. The summed E-state index contributed by atoms with van der Waals surface area (Å²) in [7, 11) is 1.69. The van der Waals surface area contributed by atoms with E-state index in [-0.39, 0.29) is 0 Å². The molecule has 2 aromatic carbocycles. The van der Waals surface area contributed by atoms with E-state index in [4.69, 9.17) is 21.1 Å². The Bertz CT molecular complexity index is 684. The maximum absolute atomic E-state index is 5.96. The van der Waals surface area contributed by atoms with E-state index in [2.05, 4.69) is 22.4 Å². The summed E-state index contributed by atoms with van der Waals surface area (Å²) in [5.41, 5.74) is 4.26. The van der Waals surface area contributed by atoms with Crippen molar-refractivity contribution in [2.24, 2.45) is 4.99 Å². The molecule has 0 atom stereocenters. The Labute approximate surface area is 134 Å². The number of halogens is 1. The molecule has 0 unspecified atom stereocenters. The Morgan fingerprint density at radius 2 is 2.05 bits per heavy atom. The highest BCUT2D eigenvalue weighted by Crippen LogP contribution is 2.28. The molecule has 4 nitrogen and oxygen atoms in total. The van der Waals surface area contributed by atoms with Crippen molar-refractivity contribution >= 4 is 23.3 Å². The van der Waals surface area contributed by atoms with Crippen LogP contribution in [0.5, 0.6) is 0 Å². The number of hydrogen-bond acceptors (Lipinski definition) is 4. The molecule has 1 heterocycles. The van der Waals surface area contributed by atoms with Crippen LogP contribution in [-0.4, -0.2) is 26.3 Å². The van der Waals surface area contributed by atoms with Gasteiger partial charge in [-0.3, -0.25) is 0 Å². The summed E-state index contributed by atoms with van der Waals surface area (Å²) in [5.74, 6) is 0. The summed E-state index contributed by atoms with van der Waals surface area (Å²) in [4.78, 5) is 4.23. The van der Waals surface area contributed by atoms with Crippen molar-refractivity contribution in [2.75, 3.05) is 25.6 Å². The second-order valence-electron chi connectivity index (χ2n) is 4.97. The fraction of sp³-hybridized carbons (Fsp3) is 0.235. The summed E-state index contributed by atoms with van der Waals surface area (Å²) >= 11 is 5.96. The molecular weight excluding hydrogens is 300 g/mol. The highest BCUT2D eigenvalue weighted by Gasteiger charge is 2.10. The highest BCUT2D eigenvalue weighted by molar-refractivity contribution is 6.30. The van der Waals surface area contributed by atoms with Crippen molar-refractivity contribution in [3.63, 3.8) is 0 Å². The fourth-order valence-electron chi connectivity index (χ4n) is 2.39. The number of benzene rings is 2. The van der Waals surface area contributed by atoms with Gasteiger partial charge in [-0.15, -0.1) is 0 Å². The zero-order valence-electron chi connectivity index (χ0n) is 12.3. The molecule has 0 amide bonds. The Kier molecular flexibility index (Phi) is 4.61. The van der Waals surface area contributed by atoms with Gasteiger partial charge in [0.25, 0.3) is 6.02 Å². The molecule has 5 heteroatoms. The molecular formula is C17H17ClN2O2. The Balaban J connectivity index is 1.90. The lowest BCUT2D eigenvalue weighted by atomic mass is 9.99. The summed E-state index contributed by atoms with van der Waals surface area (Å²) in [6.07, 6.45) is 0. The first-order chi connectivity index (χ1) is 10.8. The number of methoxy groups -OCH3 is 1. The minimum absolute atomic E-state index is 0.529. The van der Waals surface area contributed by atoms with Gasteiger partial charge in [-0.1, -0.05) is 29.8 Å². The van der Waals surface area contributed by atoms with E-state index in [0.29, 0.717) is 25.8 Å². The average Bonchev–Trinajstić information content (AvgIpc) is 3.02. The van der Waals surface area contributed by atoms with Crippen molar-refractivity contribution in [3.8, 4) is 11.1 Å². The van der Waals surface area contributed by atoms with Crippen LogP contribution >= 0.6 is 11.6 Å². The van der Waals surface area contributed by atoms with Gasteiger partial charge in [0, 0.05) is 17.8 Å². The molecule has 0 aliphatic carbocycles. The Morgan fingerprint density at radius 3 is 2.73 bits per heavy atom. The quantitative estimate of drug-likeness (QED) is 0.928. The lowest BCUT2D eigenvalue weighted by molar-refractivity contribution is 0.185. The number of hydrogen-bond donors (Lipinski definition) is 1. The maximum atomic E-state index is 5.96. The number of ether oxygens (including phenoxy) is 2. The molecule has 0 saturated heterocycles. The lowest BCUT2D eigenvalue weighted by Gasteiger charge is -2.13. The summed E-state index contributed by atoms with van der Waals surface area (Å²) in [5, 5.41) is 3.91. The summed E-state index contributed by atoms with van der Waals surface area (Å²) in [6, 6.07) is 14.5. The molecule has 1 aliphatic rings. The fourth-order valence-corrected chi connectivity index (χ4v) is 2.52. The topological polar surface area (TPSA) is 42.8 Å². The van der Waals surface area contributed by atoms with Crippen molar-refractivity contribution < 1.29 is 9.47 Å². The SMILES string of the molecule is COCc1cc(NC2=NCCO2)ccc1-c1ccc(Cl)cc1. The first-order valence-electron chi connectivity index (χ1n) is 7.08. The second-order valence-corrected chi connectivity index (χ2v) is 5.41. The minimum atomic E-state index is 0.529. The minimum Gasteiger partial charge on any atom is -0.463 e. The van der Waals surface area contributed by atoms with Crippen LogP contribution < -0.4 is 5.32 Å². The van der Waals surface area contributed by atoms with E-state index in [1.165, 1.54) is 0 Å². The van der Waals surface area contributed by atoms with E-state index in [1.807, 2.05) is 30.3 Å². The van der Waals surface area contributed by atoms with Crippen molar-refractivity contribution in [1.82, 2.24) is 0 Å².